The number of carbonyl (C=O) groups is 2. The number of nitrogens with two attached hydrogens (primary N) is 1. The first kappa shape index (κ1) is 30.5. The van der Waals surface area contributed by atoms with Crippen LogP contribution >= 0.6 is 0 Å². The van der Waals surface area contributed by atoms with Gasteiger partial charge in [-0.1, -0.05) is 72.8 Å². The maximum atomic E-state index is 12.3. The molecule has 0 aliphatic carbocycles. The Labute approximate surface area is 247 Å². The lowest BCUT2D eigenvalue weighted by Gasteiger charge is -2.19. The van der Waals surface area contributed by atoms with Crippen molar-refractivity contribution in [2.45, 2.75) is 45.1 Å². The summed E-state index contributed by atoms with van der Waals surface area (Å²) in [6, 6.07) is 30.5. The number of hydrogen-bond acceptors (Lipinski definition) is 7. The van der Waals surface area contributed by atoms with Crippen LogP contribution in [0.1, 0.15) is 29.2 Å². The van der Waals surface area contributed by atoms with E-state index in [1.54, 1.807) is 14.0 Å². The number of rotatable bonds is 14. The van der Waals surface area contributed by atoms with E-state index in [2.05, 4.69) is 11.4 Å². The molecule has 7 heteroatoms. The molecule has 0 unspecified atom stereocenters. The Kier molecular flexibility index (Phi) is 10.9. The number of likely N-dealkylation sites (N-methyl/N-ethyl adjacent to an activating group) is 1. The van der Waals surface area contributed by atoms with Crippen LogP contribution in [0, 0.1) is 0 Å². The first-order valence-electron chi connectivity index (χ1n) is 14.0. The number of methoxy groups -OCH3 is 1. The summed E-state index contributed by atoms with van der Waals surface area (Å²) >= 11 is 0. The highest BCUT2D eigenvalue weighted by molar-refractivity contribution is 5.82. The van der Waals surface area contributed by atoms with E-state index in [0.717, 1.165) is 39.1 Å². The van der Waals surface area contributed by atoms with Gasteiger partial charge in [-0.05, 0) is 78.0 Å². The second kappa shape index (κ2) is 15.0. The average Bonchev–Trinajstić information content (AvgIpc) is 3.02. The standard InChI is InChI=1S/C35H38N2O5/c1-24(38)32(37-2)21-30-19-28(15-17-34(30)42-23-26-12-8-5-9-13-26)27-14-16-33(41-22-25-10-6-4-7-11-25)29(18-27)20-31(36)35(39)40-3/h4-19,31-32,37H,20-23,36H2,1-3H3/t31-,32-/m0/s1. The fraction of sp³-hybridized carbons (Fsp3) is 0.257. The van der Waals surface area contributed by atoms with Crippen molar-refractivity contribution in [2.24, 2.45) is 5.73 Å². The zero-order valence-corrected chi connectivity index (χ0v) is 24.3. The molecule has 7 nitrogen and oxygen atoms in total. The molecule has 0 fully saturated rings. The van der Waals surface area contributed by atoms with E-state index < -0.39 is 12.0 Å². The minimum absolute atomic E-state index is 0.0518. The molecule has 0 saturated carbocycles. The van der Waals surface area contributed by atoms with Crippen molar-refractivity contribution >= 4 is 11.8 Å². The highest BCUT2D eigenvalue weighted by Gasteiger charge is 2.20. The van der Waals surface area contributed by atoms with Crippen molar-refractivity contribution in [3.05, 3.63) is 119 Å². The van der Waals surface area contributed by atoms with E-state index in [-0.39, 0.29) is 18.2 Å². The van der Waals surface area contributed by atoms with Crippen LogP contribution < -0.4 is 20.5 Å². The Morgan fingerprint density at radius 3 is 1.64 bits per heavy atom. The molecular formula is C35H38N2O5. The van der Waals surface area contributed by atoms with Gasteiger partial charge in [-0.2, -0.15) is 0 Å². The predicted octanol–water partition coefficient (Wildman–Crippen LogP) is 5.27. The van der Waals surface area contributed by atoms with Crippen molar-refractivity contribution < 1.29 is 23.8 Å². The van der Waals surface area contributed by atoms with Crippen molar-refractivity contribution in [3.63, 3.8) is 0 Å². The normalized spacial score (nSPS) is 12.3. The molecule has 4 aromatic carbocycles. The van der Waals surface area contributed by atoms with Gasteiger partial charge in [0.05, 0.1) is 13.2 Å². The van der Waals surface area contributed by atoms with E-state index in [1.807, 2.05) is 91.0 Å². The van der Waals surface area contributed by atoms with Gasteiger partial charge in [-0.3, -0.25) is 9.59 Å². The van der Waals surface area contributed by atoms with E-state index in [4.69, 9.17) is 19.9 Å². The number of Topliss-reactive ketones (excluding diaryl/α,β-unsaturated/α-hetero) is 1. The minimum Gasteiger partial charge on any atom is -0.489 e. The summed E-state index contributed by atoms with van der Waals surface area (Å²) in [7, 11) is 3.11. The van der Waals surface area contributed by atoms with Gasteiger partial charge in [0, 0.05) is 6.42 Å². The molecule has 0 aliphatic rings. The van der Waals surface area contributed by atoms with Crippen molar-refractivity contribution in [1.29, 1.82) is 0 Å². The largest absolute Gasteiger partial charge is 0.489 e. The highest BCUT2D eigenvalue weighted by Crippen LogP contribution is 2.32. The van der Waals surface area contributed by atoms with Crippen LogP contribution in [0.15, 0.2) is 97.1 Å². The first-order chi connectivity index (χ1) is 20.4. The smallest absolute Gasteiger partial charge is 0.322 e. The van der Waals surface area contributed by atoms with Gasteiger partial charge in [0.25, 0.3) is 0 Å². The summed E-state index contributed by atoms with van der Waals surface area (Å²) in [5.41, 5.74) is 11.8. The van der Waals surface area contributed by atoms with Gasteiger partial charge in [0.1, 0.15) is 36.5 Å². The maximum Gasteiger partial charge on any atom is 0.322 e. The molecule has 0 radical (unpaired) electrons. The summed E-state index contributed by atoms with van der Waals surface area (Å²) in [5.74, 6) is 0.937. The summed E-state index contributed by atoms with van der Waals surface area (Å²) in [5, 5.41) is 3.11. The second-order valence-corrected chi connectivity index (χ2v) is 10.2. The summed E-state index contributed by atoms with van der Waals surface area (Å²) in [4.78, 5) is 24.4. The third-order valence-electron chi connectivity index (χ3n) is 7.14. The number of esters is 1. The number of carbonyl (C=O) groups excluding carboxylic acids is 2. The highest BCUT2D eigenvalue weighted by atomic mass is 16.5. The van der Waals surface area contributed by atoms with Gasteiger partial charge < -0.3 is 25.3 Å². The van der Waals surface area contributed by atoms with Gasteiger partial charge in [0.15, 0.2) is 0 Å². The first-order valence-corrected chi connectivity index (χ1v) is 14.0. The van der Waals surface area contributed by atoms with Gasteiger partial charge in [-0.25, -0.2) is 0 Å². The third kappa shape index (κ3) is 8.28. The molecule has 3 N–H and O–H groups in total. The number of benzene rings is 4. The van der Waals surface area contributed by atoms with E-state index in [9.17, 15) is 9.59 Å². The Bertz CT molecular complexity index is 1470. The van der Waals surface area contributed by atoms with Gasteiger partial charge in [-0.15, -0.1) is 0 Å². The van der Waals surface area contributed by atoms with Crippen molar-refractivity contribution in [1.82, 2.24) is 5.32 Å². The maximum absolute atomic E-state index is 12.3. The zero-order valence-electron chi connectivity index (χ0n) is 24.3. The second-order valence-electron chi connectivity index (χ2n) is 10.2. The van der Waals surface area contributed by atoms with Gasteiger partial charge in [0.2, 0.25) is 0 Å². The molecule has 218 valence electrons. The zero-order chi connectivity index (χ0) is 29.9. The quantitative estimate of drug-likeness (QED) is 0.201. The molecule has 4 aromatic rings. The monoisotopic (exact) mass is 566 g/mol. The molecule has 4 rings (SSSR count). The lowest BCUT2D eigenvalue weighted by atomic mass is 9.95. The Balaban J connectivity index is 1.66. The minimum atomic E-state index is -0.833. The fourth-order valence-corrected chi connectivity index (χ4v) is 4.73. The van der Waals surface area contributed by atoms with Crippen LogP contribution in [-0.2, 0) is 40.4 Å². The van der Waals surface area contributed by atoms with Crippen LogP contribution in [0.4, 0.5) is 0 Å². The third-order valence-corrected chi connectivity index (χ3v) is 7.14. The molecule has 0 amide bonds. The summed E-state index contributed by atoms with van der Waals surface area (Å²) in [6.07, 6.45) is 0.726. The lowest BCUT2D eigenvalue weighted by molar-refractivity contribution is -0.142. The average molecular weight is 567 g/mol. The Morgan fingerprint density at radius 2 is 1.21 bits per heavy atom. The number of nitrogens with one attached hydrogen (secondary N) is 1. The SMILES string of the molecule is CN[C@@H](Cc1cc(-c2ccc(OCc3ccccc3)c(C[C@H](N)C(=O)OC)c2)ccc1OCc1ccccc1)C(C)=O. The van der Waals surface area contributed by atoms with Crippen LogP contribution in [0.3, 0.4) is 0 Å². The predicted molar refractivity (Wildman–Crippen MR) is 164 cm³/mol. The lowest BCUT2D eigenvalue weighted by Crippen LogP contribution is -2.34. The molecule has 42 heavy (non-hydrogen) atoms. The van der Waals surface area contributed by atoms with Crippen molar-refractivity contribution in [3.8, 4) is 22.6 Å². The van der Waals surface area contributed by atoms with Crippen molar-refractivity contribution in [2.75, 3.05) is 14.2 Å². The summed E-state index contributed by atoms with van der Waals surface area (Å²) in [6.45, 7) is 2.38. The molecule has 0 aliphatic heterocycles. The molecule has 0 heterocycles. The molecule has 2 atom stereocenters. The number of ketones is 1. The fourth-order valence-electron chi connectivity index (χ4n) is 4.73. The van der Waals surface area contributed by atoms with Crippen LogP contribution in [0.5, 0.6) is 11.5 Å². The molecule has 0 spiro atoms. The van der Waals surface area contributed by atoms with Gasteiger partial charge >= 0.3 is 5.97 Å². The van der Waals surface area contributed by atoms with Crippen LogP contribution in [-0.4, -0.2) is 38.0 Å². The van der Waals surface area contributed by atoms with E-state index >= 15 is 0 Å². The number of hydrogen-bond donors (Lipinski definition) is 2. The molecule has 0 aromatic heterocycles. The van der Waals surface area contributed by atoms with Crippen LogP contribution in [0.2, 0.25) is 0 Å². The molecular weight excluding hydrogens is 528 g/mol. The van der Waals surface area contributed by atoms with E-state index in [1.165, 1.54) is 7.11 Å². The summed E-state index contributed by atoms with van der Waals surface area (Å²) < 4.78 is 17.3. The Morgan fingerprint density at radius 1 is 0.738 bits per heavy atom. The Hall–Kier alpha value is -4.46. The molecule has 0 bridgehead atoms. The topological polar surface area (TPSA) is 99.9 Å². The number of ether oxygens (including phenoxy) is 3. The molecule has 0 saturated heterocycles. The van der Waals surface area contributed by atoms with E-state index in [0.29, 0.717) is 25.4 Å². The van der Waals surface area contributed by atoms with Crippen LogP contribution in [0.25, 0.3) is 11.1 Å².